The summed E-state index contributed by atoms with van der Waals surface area (Å²) >= 11 is 0. The van der Waals surface area contributed by atoms with E-state index >= 15 is 0 Å². The molecule has 1 aromatic heterocycles. The van der Waals surface area contributed by atoms with Crippen molar-refractivity contribution < 1.29 is 25.5 Å². The summed E-state index contributed by atoms with van der Waals surface area (Å²) in [6.07, 6.45) is -5.84. The van der Waals surface area contributed by atoms with Gasteiger partial charge in [-0.2, -0.15) is 5.10 Å². The average molecular weight is 302 g/mol. The molecule has 0 aliphatic heterocycles. The van der Waals surface area contributed by atoms with Crippen molar-refractivity contribution >= 4 is 12.2 Å². The standard InChI is InChI=1S/C11H18N4O6/c1-5-2-8(19)14-11(13-5)15-12-3-6(17)9(20)10(21)7(18)4-16/h2-3,6-7,9-10,16-18,20-21H,4H2,1H3,(H2,13,14,15,19)/b12-3+/t6-,7+,9+,10-/m0/s1. The maximum Gasteiger partial charge on any atom is 0.252 e. The number of nitrogens with one attached hydrogen (secondary N) is 2. The maximum absolute atomic E-state index is 11.2. The molecular weight excluding hydrogens is 284 g/mol. The van der Waals surface area contributed by atoms with Crippen molar-refractivity contribution in [1.82, 2.24) is 9.97 Å². The Kier molecular flexibility index (Phi) is 6.39. The molecule has 1 heterocycles. The number of aromatic amines is 1. The second-order valence-corrected chi connectivity index (χ2v) is 4.35. The second-order valence-electron chi connectivity index (χ2n) is 4.35. The van der Waals surface area contributed by atoms with E-state index in [0.29, 0.717) is 5.69 Å². The average Bonchev–Trinajstić information content (AvgIpc) is 2.43. The van der Waals surface area contributed by atoms with Gasteiger partial charge in [0.05, 0.1) is 12.8 Å². The lowest BCUT2D eigenvalue weighted by atomic mass is 10.0. The molecular formula is C11H18N4O6. The fraction of sp³-hybridized carbons (Fsp3) is 0.545. The van der Waals surface area contributed by atoms with Crippen molar-refractivity contribution in [3.05, 3.63) is 22.1 Å². The first-order valence-corrected chi connectivity index (χ1v) is 6.05. The molecule has 0 amide bonds. The lowest BCUT2D eigenvalue weighted by Gasteiger charge is -2.23. The largest absolute Gasteiger partial charge is 0.394 e. The molecule has 0 fully saturated rings. The van der Waals surface area contributed by atoms with Crippen molar-refractivity contribution in [3.8, 4) is 0 Å². The van der Waals surface area contributed by atoms with E-state index < -0.39 is 31.0 Å². The zero-order chi connectivity index (χ0) is 16.0. The van der Waals surface area contributed by atoms with Gasteiger partial charge in [0.1, 0.15) is 24.4 Å². The number of aromatic nitrogens is 2. The third kappa shape index (κ3) is 5.21. The fourth-order valence-electron chi connectivity index (χ4n) is 1.43. The third-order valence-electron chi connectivity index (χ3n) is 2.55. The Morgan fingerprint density at radius 1 is 1.38 bits per heavy atom. The summed E-state index contributed by atoms with van der Waals surface area (Å²) in [5.41, 5.74) is 2.40. The van der Waals surface area contributed by atoms with Crippen LogP contribution in [0.1, 0.15) is 5.69 Å². The number of aliphatic hydroxyl groups is 5. The van der Waals surface area contributed by atoms with Crippen LogP contribution >= 0.6 is 0 Å². The van der Waals surface area contributed by atoms with Crippen LogP contribution in [-0.4, -0.2) is 72.7 Å². The molecule has 4 atom stereocenters. The predicted octanol–water partition coefficient (Wildman–Crippen LogP) is -3.09. The van der Waals surface area contributed by atoms with Crippen molar-refractivity contribution in [1.29, 1.82) is 0 Å². The van der Waals surface area contributed by atoms with Crippen LogP contribution in [0.5, 0.6) is 0 Å². The van der Waals surface area contributed by atoms with Crippen LogP contribution in [0.2, 0.25) is 0 Å². The number of anilines is 1. The van der Waals surface area contributed by atoms with Crippen molar-refractivity contribution in [2.75, 3.05) is 12.0 Å². The Labute approximate surface area is 119 Å². The SMILES string of the molecule is Cc1cc(=O)[nH]c(N/N=C/[C@H](O)[C@@H](O)[C@@H](O)[C@H](O)CO)n1. The van der Waals surface area contributed by atoms with Gasteiger partial charge in [-0.25, -0.2) is 10.4 Å². The minimum absolute atomic E-state index is 0.0360. The van der Waals surface area contributed by atoms with Gasteiger partial charge < -0.3 is 25.5 Å². The second kappa shape index (κ2) is 7.81. The molecule has 10 heteroatoms. The summed E-state index contributed by atoms with van der Waals surface area (Å²) in [5.74, 6) is 0.0360. The smallest absolute Gasteiger partial charge is 0.252 e. The minimum atomic E-state index is -1.75. The van der Waals surface area contributed by atoms with E-state index in [4.69, 9.17) is 10.2 Å². The Hall–Kier alpha value is -1.85. The molecule has 1 rings (SSSR count). The maximum atomic E-state index is 11.2. The number of hydrogen-bond donors (Lipinski definition) is 7. The first kappa shape index (κ1) is 17.2. The highest BCUT2D eigenvalue weighted by molar-refractivity contribution is 5.64. The molecule has 1 aromatic rings. The molecule has 0 saturated carbocycles. The molecule has 0 unspecified atom stereocenters. The number of H-pyrrole nitrogens is 1. The van der Waals surface area contributed by atoms with Crippen LogP contribution in [-0.2, 0) is 0 Å². The predicted molar refractivity (Wildman–Crippen MR) is 72.8 cm³/mol. The van der Waals surface area contributed by atoms with E-state index in [0.717, 1.165) is 6.21 Å². The van der Waals surface area contributed by atoms with Crippen LogP contribution < -0.4 is 11.0 Å². The third-order valence-corrected chi connectivity index (χ3v) is 2.55. The molecule has 0 aliphatic rings. The van der Waals surface area contributed by atoms with Crippen molar-refractivity contribution in [3.63, 3.8) is 0 Å². The zero-order valence-corrected chi connectivity index (χ0v) is 11.2. The molecule has 0 aromatic carbocycles. The van der Waals surface area contributed by atoms with Gasteiger partial charge in [0.15, 0.2) is 0 Å². The van der Waals surface area contributed by atoms with Crippen LogP contribution in [0, 0.1) is 6.92 Å². The van der Waals surface area contributed by atoms with E-state index in [-0.39, 0.29) is 11.5 Å². The fourth-order valence-corrected chi connectivity index (χ4v) is 1.43. The highest BCUT2D eigenvalue weighted by Gasteiger charge is 2.29. The molecule has 0 aliphatic carbocycles. The Morgan fingerprint density at radius 2 is 2.05 bits per heavy atom. The lowest BCUT2D eigenvalue weighted by molar-refractivity contribution is -0.0999. The summed E-state index contributed by atoms with van der Waals surface area (Å²) in [5, 5.41) is 49.7. The number of aryl methyl sites for hydroxylation is 1. The molecule has 0 bridgehead atoms. The first-order chi connectivity index (χ1) is 9.85. The van der Waals surface area contributed by atoms with Gasteiger partial charge >= 0.3 is 0 Å². The summed E-state index contributed by atoms with van der Waals surface area (Å²) in [4.78, 5) is 17.4. The van der Waals surface area contributed by atoms with Gasteiger partial charge in [0.25, 0.3) is 5.56 Å². The highest BCUT2D eigenvalue weighted by atomic mass is 16.4. The van der Waals surface area contributed by atoms with E-state index in [2.05, 4.69) is 20.5 Å². The van der Waals surface area contributed by atoms with Gasteiger partial charge in [0.2, 0.25) is 5.95 Å². The van der Waals surface area contributed by atoms with Crippen molar-refractivity contribution in [2.24, 2.45) is 5.10 Å². The molecule has 118 valence electrons. The number of hydrazone groups is 1. The summed E-state index contributed by atoms with van der Waals surface area (Å²) in [7, 11) is 0. The van der Waals surface area contributed by atoms with Crippen LogP contribution in [0.25, 0.3) is 0 Å². The summed E-state index contributed by atoms with van der Waals surface area (Å²) in [6, 6.07) is 1.28. The van der Waals surface area contributed by atoms with E-state index in [1.165, 1.54) is 6.07 Å². The summed E-state index contributed by atoms with van der Waals surface area (Å²) < 4.78 is 0. The van der Waals surface area contributed by atoms with E-state index in [1.54, 1.807) is 6.92 Å². The van der Waals surface area contributed by atoms with Crippen LogP contribution in [0.15, 0.2) is 16.0 Å². The number of hydrogen-bond acceptors (Lipinski definition) is 9. The molecule has 21 heavy (non-hydrogen) atoms. The van der Waals surface area contributed by atoms with Crippen molar-refractivity contribution in [2.45, 2.75) is 31.3 Å². The first-order valence-electron chi connectivity index (χ1n) is 6.05. The molecule has 0 saturated heterocycles. The zero-order valence-electron chi connectivity index (χ0n) is 11.2. The lowest BCUT2D eigenvalue weighted by Crippen LogP contribution is -2.46. The molecule has 7 N–H and O–H groups in total. The quantitative estimate of drug-likeness (QED) is 0.205. The summed E-state index contributed by atoms with van der Waals surface area (Å²) in [6.45, 7) is 0.837. The highest BCUT2D eigenvalue weighted by Crippen LogP contribution is 2.04. The number of rotatable bonds is 7. The van der Waals surface area contributed by atoms with Gasteiger partial charge in [-0.15, -0.1) is 0 Å². The Balaban J connectivity index is 2.61. The van der Waals surface area contributed by atoms with Crippen LogP contribution in [0.3, 0.4) is 0 Å². The van der Waals surface area contributed by atoms with E-state index in [9.17, 15) is 20.1 Å². The van der Waals surface area contributed by atoms with Crippen LogP contribution in [0.4, 0.5) is 5.95 Å². The Bertz CT molecular complexity index is 534. The monoisotopic (exact) mass is 302 g/mol. The van der Waals surface area contributed by atoms with Gasteiger partial charge in [-0.05, 0) is 6.92 Å². The minimum Gasteiger partial charge on any atom is -0.394 e. The molecule has 0 spiro atoms. The number of nitrogens with zero attached hydrogens (tertiary/aromatic N) is 2. The molecule has 10 nitrogen and oxygen atoms in total. The Morgan fingerprint density at radius 3 is 2.62 bits per heavy atom. The molecule has 0 radical (unpaired) electrons. The van der Waals surface area contributed by atoms with E-state index in [1.807, 2.05) is 0 Å². The van der Waals surface area contributed by atoms with Gasteiger partial charge in [0, 0.05) is 11.8 Å². The topological polar surface area (TPSA) is 171 Å². The van der Waals surface area contributed by atoms with Gasteiger partial charge in [-0.1, -0.05) is 0 Å². The number of aliphatic hydroxyl groups excluding tert-OH is 5. The normalized spacial score (nSPS) is 17.4. The van der Waals surface area contributed by atoms with Gasteiger partial charge in [-0.3, -0.25) is 9.78 Å².